The molecule has 1 atom stereocenters. The second-order valence-electron chi connectivity index (χ2n) is 6.43. The molecule has 0 bridgehead atoms. The Bertz CT molecular complexity index is 799. The maximum absolute atomic E-state index is 12.6. The van der Waals surface area contributed by atoms with E-state index in [1.165, 1.54) is 7.11 Å². The first-order valence-corrected chi connectivity index (χ1v) is 8.28. The van der Waals surface area contributed by atoms with Crippen LogP contribution in [0.15, 0.2) is 24.4 Å². The van der Waals surface area contributed by atoms with Crippen LogP contribution >= 0.6 is 0 Å². The minimum absolute atomic E-state index is 0.232. The molecule has 1 amide bonds. The van der Waals surface area contributed by atoms with E-state index in [0.717, 1.165) is 31.0 Å². The summed E-state index contributed by atoms with van der Waals surface area (Å²) < 4.78 is 4.74. The minimum atomic E-state index is -0.523. The van der Waals surface area contributed by atoms with Crippen LogP contribution in [-0.4, -0.2) is 42.0 Å². The van der Waals surface area contributed by atoms with E-state index in [4.69, 9.17) is 4.74 Å². The Labute approximate surface area is 146 Å². The summed E-state index contributed by atoms with van der Waals surface area (Å²) in [6.45, 7) is 5.91. The second kappa shape index (κ2) is 6.96. The molecule has 2 N–H and O–H groups in total. The standard InChI is InChI=1S/C18H22N4O3/c1-11-5-7-22(10-11)15-9-13(4-6-19-15)17(23)21-14-8-12(2)20-16(14)18(24)25-3/h4,6,8-9,11,20H,5,7,10H2,1-3H3,(H,21,23). The van der Waals surface area contributed by atoms with Gasteiger partial charge in [0.1, 0.15) is 11.5 Å². The van der Waals surface area contributed by atoms with E-state index in [-0.39, 0.29) is 11.6 Å². The highest BCUT2D eigenvalue weighted by Crippen LogP contribution is 2.23. The Hall–Kier alpha value is -2.83. The summed E-state index contributed by atoms with van der Waals surface area (Å²) >= 11 is 0. The molecule has 25 heavy (non-hydrogen) atoms. The van der Waals surface area contributed by atoms with Crippen molar-refractivity contribution in [3.63, 3.8) is 0 Å². The van der Waals surface area contributed by atoms with Gasteiger partial charge in [-0.1, -0.05) is 6.92 Å². The first kappa shape index (κ1) is 17.0. The molecule has 0 aromatic carbocycles. The molecule has 2 aromatic heterocycles. The fourth-order valence-corrected chi connectivity index (χ4v) is 3.02. The largest absolute Gasteiger partial charge is 0.464 e. The highest BCUT2D eigenvalue weighted by molar-refractivity contribution is 6.07. The summed E-state index contributed by atoms with van der Waals surface area (Å²) in [4.78, 5) is 33.9. The number of aromatic amines is 1. The van der Waals surface area contributed by atoms with Crippen LogP contribution in [0.25, 0.3) is 0 Å². The van der Waals surface area contributed by atoms with E-state index in [1.54, 1.807) is 31.3 Å². The van der Waals surface area contributed by atoms with Crippen LogP contribution < -0.4 is 10.2 Å². The quantitative estimate of drug-likeness (QED) is 0.834. The number of hydrogen-bond acceptors (Lipinski definition) is 5. The molecule has 1 aliphatic heterocycles. The van der Waals surface area contributed by atoms with Gasteiger partial charge in [-0.05, 0) is 37.5 Å². The fraction of sp³-hybridized carbons (Fsp3) is 0.389. The highest BCUT2D eigenvalue weighted by atomic mass is 16.5. The van der Waals surface area contributed by atoms with Gasteiger partial charge < -0.3 is 19.9 Å². The number of carbonyl (C=O) groups excluding carboxylic acids is 2. The Morgan fingerprint density at radius 2 is 2.20 bits per heavy atom. The average Bonchev–Trinajstić information content (AvgIpc) is 3.20. The van der Waals surface area contributed by atoms with Gasteiger partial charge in [0.05, 0.1) is 12.8 Å². The van der Waals surface area contributed by atoms with Crippen molar-refractivity contribution in [1.82, 2.24) is 9.97 Å². The van der Waals surface area contributed by atoms with Gasteiger partial charge in [0.2, 0.25) is 0 Å². The van der Waals surface area contributed by atoms with Gasteiger partial charge in [-0.15, -0.1) is 0 Å². The fourth-order valence-electron chi connectivity index (χ4n) is 3.02. The number of carbonyl (C=O) groups is 2. The number of hydrogen-bond donors (Lipinski definition) is 2. The number of aromatic nitrogens is 2. The molecule has 1 fully saturated rings. The normalized spacial score (nSPS) is 16.8. The van der Waals surface area contributed by atoms with E-state index >= 15 is 0 Å². The van der Waals surface area contributed by atoms with Crippen LogP contribution in [0.4, 0.5) is 11.5 Å². The zero-order chi connectivity index (χ0) is 18.0. The number of aryl methyl sites for hydroxylation is 1. The molecule has 7 nitrogen and oxygen atoms in total. The lowest BCUT2D eigenvalue weighted by molar-refractivity contribution is 0.0596. The third-order valence-corrected chi connectivity index (χ3v) is 4.35. The maximum Gasteiger partial charge on any atom is 0.356 e. The summed E-state index contributed by atoms with van der Waals surface area (Å²) in [5.74, 6) is 0.616. The molecule has 1 saturated heterocycles. The van der Waals surface area contributed by atoms with Crippen molar-refractivity contribution in [2.45, 2.75) is 20.3 Å². The first-order chi connectivity index (χ1) is 12.0. The molecular formula is C18H22N4O3. The Morgan fingerprint density at radius 1 is 1.40 bits per heavy atom. The lowest BCUT2D eigenvalue weighted by Crippen LogP contribution is -2.21. The molecule has 3 rings (SSSR count). The van der Waals surface area contributed by atoms with Crippen molar-refractivity contribution in [2.24, 2.45) is 5.92 Å². The number of ether oxygens (including phenoxy) is 1. The number of pyridine rings is 1. The molecule has 1 aliphatic rings. The van der Waals surface area contributed by atoms with E-state index in [2.05, 4.69) is 27.1 Å². The Balaban J connectivity index is 1.79. The van der Waals surface area contributed by atoms with Gasteiger partial charge in [0.25, 0.3) is 5.91 Å². The van der Waals surface area contributed by atoms with Crippen LogP contribution in [0, 0.1) is 12.8 Å². The van der Waals surface area contributed by atoms with Gasteiger partial charge in [-0.2, -0.15) is 0 Å². The van der Waals surface area contributed by atoms with Gasteiger partial charge in [-0.3, -0.25) is 4.79 Å². The van der Waals surface area contributed by atoms with E-state index in [9.17, 15) is 9.59 Å². The number of esters is 1. The predicted octanol–water partition coefficient (Wildman–Crippen LogP) is 2.60. The van der Waals surface area contributed by atoms with Crippen LogP contribution in [0.5, 0.6) is 0 Å². The van der Waals surface area contributed by atoms with Crippen molar-refractivity contribution in [3.05, 3.63) is 41.3 Å². The second-order valence-corrected chi connectivity index (χ2v) is 6.43. The predicted molar refractivity (Wildman–Crippen MR) is 95.1 cm³/mol. The number of anilines is 2. The molecule has 0 spiro atoms. The zero-order valence-electron chi connectivity index (χ0n) is 14.6. The van der Waals surface area contributed by atoms with Gasteiger partial charge >= 0.3 is 5.97 Å². The molecule has 2 aromatic rings. The molecule has 132 valence electrons. The molecule has 7 heteroatoms. The zero-order valence-corrected chi connectivity index (χ0v) is 14.6. The number of nitrogens with one attached hydrogen (secondary N) is 2. The average molecular weight is 342 g/mol. The Kier molecular flexibility index (Phi) is 4.74. The van der Waals surface area contributed by atoms with Crippen molar-refractivity contribution in [3.8, 4) is 0 Å². The third-order valence-electron chi connectivity index (χ3n) is 4.35. The van der Waals surface area contributed by atoms with Gasteiger partial charge in [0, 0.05) is 30.5 Å². The van der Waals surface area contributed by atoms with Crippen LogP contribution in [0.3, 0.4) is 0 Å². The summed E-state index contributed by atoms with van der Waals surface area (Å²) in [7, 11) is 1.30. The Morgan fingerprint density at radius 3 is 2.88 bits per heavy atom. The maximum atomic E-state index is 12.6. The summed E-state index contributed by atoms with van der Waals surface area (Å²) in [5.41, 5.74) is 1.90. The molecule has 3 heterocycles. The van der Waals surface area contributed by atoms with E-state index in [1.807, 2.05) is 0 Å². The lowest BCUT2D eigenvalue weighted by atomic mass is 10.2. The van der Waals surface area contributed by atoms with Crippen molar-refractivity contribution in [1.29, 1.82) is 0 Å². The van der Waals surface area contributed by atoms with Crippen molar-refractivity contribution in [2.75, 3.05) is 30.4 Å². The molecule has 0 radical (unpaired) electrons. The van der Waals surface area contributed by atoms with Crippen LogP contribution in [-0.2, 0) is 4.74 Å². The number of rotatable bonds is 4. The van der Waals surface area contributed by atoms with Gasteiger partial charge in [0.15, 0.2) is 0 Å². The smallest absolute Gasteiger partial charge is 0.356 e. The molecule has 0 aliphatic carbocycles. The topological polar surface area (TPSA) is 87.3 Å². The summed E-state index contributed by atoms with van der Waals surface area (Å²) in [6.07, 6.45) is 2.76. The van der Waals surface area contributed by atoms with Crippen molar-refractivity contribution >= 4 is 23.4 Å². The van der Waals surface area contributed by atoms with Gasteiger partial charge in [-0.25, -0.2) is 9.78 Å². The van der Waals surface area contributed by atoms with E-state index in [0.29, 0.717) is 17.2 Å². The SMILES string of the molecule is COC(=O)c1[nH]c(C)cc1NC(=O)c1ccnc(N2CCC(C)C2)c1. The molecule has 1 unspecified atom stereocenters. The number of nitrogens with zero attached hydrogens (tertiary/aromatic N) is 2. The third kappa shape index (κ3) is 3.65. The molecule has 0 saturated carbocycles. The monoisotopic (exact) mass is 342 g/mol. The lowest BCUT2D eigenvalue weighted by Gasteiger charge is -2.17. The number of H-pyrrole nitrogens is 1. The molecular weight excluding hydrogens is 320 g/mol. The highest BCUT2D eigenvalue weighted by Gasteiger charge is 2.21. The number of methoxy groups -OCH3 is 1. The number of amides is 1. The summed E-state index contributed by atoms with van der Waals surface area (Å²) in [6, 6.07) is 5.15. The summed E-state index contributed by atoms with van der Waals surface area (Å²) in [5, 5.41) is 2.77. The first-order valence-electron chi connectivity index (χ1n) is 8.28. The van der Waals surface area contributed by atoms with Crippen LogP contribution in [0.1, 0.15) is 39.9 Å². The van der Waals surface area contributed by atoms with Crippen molar-refractivity contribution < 1.29 is 14.3 Å². The minimum Gasteiger partial charge on any atom is -0.464 e. The van der Waals surface area contributed by atoms with Crippen LogP contribution in [0.2, 0.25) is 0 Å². The van der Waals surface area contributed by atoms with E-state index < -0.39 is 5.97 Å².